The number of aliphatic carboxylic acids is 1. The second-order valence-electron chi connectivity index (χ2n) is 9.16. The predicted molar refractivity (Wildman–Crippen MR) is 108 cm³/mol. The number of ether oxygens (including phenoxy) is 1. The Bertz CT molecular complexity index is 672. The normalized spacial score (nSPS) is 14.3. The minimum absolute atomic E-state index is 0.470. The van der Waals surface area contributed by atoms with Crippen molar-refractivity contribution in [3.05, 3.63) is 29.3 Å². The first-order chi connectivity index (χ1) is 12.2. The standard InChI is InChI=1S/C21H34N2O4/c1-13-8-10-15(22)12-14(13)9-11-16(17(18(24)25)20(2,3)4)23-19(26)27-21(5,6)7/h8,10,12,16-17H,9,11,22H2,1-7H3,(H,23,26)(H,24,25)/t16-,17?/m1/s1. The van der Waals surface area contributed by atoms with Crippen molar-refractivity contribution in [1.29, 1.82) is 0 Å². The highest BCUT2D eigenvalue weighted by molar-refractivity contribution is 5.74. The molecule has 27 heavy (non-hydrogen) atoms. The van der Waals surface area contributed by atoms with E-state index in [-0.39, 0.29) is 0 Å². The number of aryl methyl sites for hydroxylation is 2. The van der Waals surface area contributed by atoms with Gasteiger partial charge in [-0.05, 0) is 69.2 Å². The van der Waals surface area contributed by atoms with Crippen LogP contribution in [0.25, 0.3) is 0 Å². The molecule has 4 N–H and O–H groups in total. The first kappa shape index (κ1) is 22.8. The molecule has 1 rings (SSSR count). The smallest absolute Gasteiger partial charge is 0.407 e. The van der Waals surface area contributed by atoms with Crippen LogP contribution in [0.5, 0.6) is 0 Å². The number of benzene rings is 1. The topological polar surface area (TPSA) is 102 Å². The van der Waals surface area contributed by atoms with E-state index < -0.39 is 35.0 Å². The third-order valence-corrected chi connectivity index (χ3v) is 4.40. The van der Waals surface area contributed by atoms with Crippen LogP contribution in [0.4, 0.5) is 10.5 Å². The Labute approximate surface area is 162 Å². The molecule has 1 unspecified atom stereocenters. The van der Waals surface area contributed by atoms with Crippen molar-refractivity contribution in [1.82, 2.24) is 5.32 Å². The second kappa shape index (κ2) is 8.63. The molecule has 0 fully saturated rings. The lowest BCUT2D eigenvalue weighted by Gasteiger charge is -2.35. The fourth-order valence-corrected chi connectivity index (χ4v) is 3.20. The molecule has 0 aliphatic carbocycles. The second-order valence-corrected chi connectivity index (χ2v) is 9.16. The molecule has 0 radical (unpaired) electrons. The van der Waals surface area contributed by atoms with Crippen LogP contribution in [0.15, 0.2) is 18.2 Å². The Morgan fingerprint density at radius 3 is 2.26 bits per heavy atom. The van der Waals surface area contributed by atoms with Crippen molar-refractivity contribution in [2.24, 2.45) is 11.3 Å². The third-order valence-electron chi connectivity index (χ3n) is 4.40. The molecular formula is C21H34N2O4. The Morgan fingerprint density at radius 1 is 1.19 bits per heavy atom. The minimum atomic E-state index is -0.937. The molecule has 6 heteroatoms. The van der Waals surface area contributed by atoms with Crippen molar-refractivity contribution in [2.75, 3.05) is 5.73 Å². The van der Waals surface area contributed by atoms with E-state index in [1.54, 1.807) is 20.8 Å². The van der Waals surface area contributed by atoms with Gasteiger partial charge in [0.2, 0.25) is 0 Å². The van der Waals surface area contributed by atoms with Crippen LogP contribution in [-0.2, 0) is 16.0 Å². The minimum Gasteiger partial charge on any atom is -0.481 e. The van der Waals surface area contributed by atoms with E-state index in [1.807, 2.05) is 45.9 Å². The summed E-state index contributed by atoms with van der Waals surface area (Å²) in [7, 11) is 0. The molecule has 0 bridgehead atoms. The number of carboxylic acid groups (broad SMARTS) is 1. The number of carboxylic acids is 1. The highest BCUT2D eigenvalue weighted by Crippen LogP contribution is 2.31. The Morgan fingerprint density at radius 2 is 1.78 bits per heavy atom. The number of hydrogen-bond donors (Lipinski definition) is 3. The maximum Gasteiger partial charge on any atom is 0.407 e. The lowest BCUT2D eigenvalue weighted by molar-refractivity contribution is -0.147. The molecule has 0 heterocycles. The van der Waals surface area contributed by atoms with Crippen molar-refractivity contribution in [3.8, 4) is 0 Å². The summed E-state index contributed by atoms with van der Waals surface area (Å²) in [6, 6.07) is 5.11. The number of hydrogen-bond acceptors (Lipinski definition) is 4. The molecule has 1 aromatic rings. The van der Waals surface area contributed by atoms with Gasteiger partial charge in [0.05, 0.1) is 5.92 Å². The van der Waals surface area contributed by atoms with E-state index in [1.165, 1.54) is 0 Å². The molecule has 0 aromatic heterocycles. The highest BCUT2D eigenvalue weighted by Gasteiger charge is 2.39. The third kappa shape index (κ3) is 7.49. The van der Waals surface area contributed by atoms with E-state index in [4.69, 9.17) is 10.5 Å². The molecular weight excluding hydrogens is 344 g/mol. The van der Waals surface area contributed by atoms with Crippen molar-refractivity contribution >= 4 is 17.7 Å². The van der Waals surface area contributed by atoms with E-state index in [0.717, 1.165) is 11.1 Å². The Balaban J connectivity index is 3.07. The van der Waals surface area contributed by atoms with Crippen molar-refractivity contribution in [2.45, 2.75) is 73.0 Å². The lowest BCUT2D eigenvalue weighted by atomic mass is 9.74. The van der Waals surface area contributed by atoms with Crippen LogP contribution in [0, 0.1) is 18.3 Å². The summed E-state index contributed by atoms with van der Waals surface area (Å²) in [5.74, 6) is -1.70. The Kier molecular flexibility index (Phi) is 7.29. The quantitative estimate of drug-likeness (QED) is 0.646. The number of nitrogen functional groups attached to an aromatic ring is 1. The van der Waals surface area contributed by atoms with Gasteiger partial charge in [0.25, 0.3) is 0 Å². The largest absolute Gasteiger partial charge is 0.481 e. The van der Waals surface area contributed by atoms with E-state index >= 15 is 0 Å². The lowest BCUT2D eigenvalue weighted by Crippen LogP contribution is -2.50. The number of alkyl carbamates (subject to hydrolysis) is 1. The van der Waals surface area contributed by atoms with Gasteiger partial charge in [-0.1, -0.05) is 26.8 Å². The Hall–Kier alpha value is -2.24. The number of rotatable bonds is 6. The number of carbonyl (C=O) groups is 2. The van der Waals surface area contributed by atoms with Gasteiger partial charge in [0.1, 0.15) is 5.60 Å². The van der Waals surface area contributed by atoms with Gasteiger partial charge in [-0.2, -0.15) is 0 Å². The van der Waals surface area contributed by atoms with Gasteiger partial charge in [-0.15, -0.1) is 0 Å². The van der Waals surface area contributed by atoms with Gasteiger partial charge < -0.3 is 20.9 Å². The summed E-state index contributed by atoms with van der Waals surface area (Å²) in [5, 5.41) is 12.6. The summed E-state index contributed by atoms with van der Waals surface area (Å²) >= 11 is 0. The average Bonchev–Trinajstić information content (AvgIpc) is 2.44. The van der Waals surface area contributed by atoms with Crippen LogP contribution in [0.1, 0.15) is 59.1 Å². The maximum atomic E-state index is 12.3. The molecule has 0 aliphatic heterocycles. The molecule has 1 amide bonds. The molecule has 1 aromatic carbocycles. The fraction of sp³-hybridized carbons (Fsp3) is 0.619. The van der Waals surface area contributed by atoms with Crippen molar-refractivity contribution < 1.29 is 19.4 Å². The van der Waals surface area contributed by atoms with E-state index in [2.05, 4.69) is 5.32 Å². The SMILES string of the molecule is Cc1ccc(N)cc1CC[C@@H](NC(=O)OC(C)(C)C)C(C(=O)O)C(C)(C)C. The molecule has 2 atom stereocenters. The van der Waals surface area contributed by atoms with Gasteiger partial charge in [-0.3, -0.25) is 4.79 Å². The highest BCUT2D eigenvalue weighted by atomic mass is 16.6. The first-order valence-corrected chi connectivity index (χ1v) is 9.28. The zero-order chi connectivity index (χ0) is 21.0. The van der Waals surface area contributed by atoms with Gasteiger partial charge in [0.15, 0.2) is 0 Å². The zero-order valence-corrected chi connectivity index (χ0v) is 17.6. The van der Waals surface area contributed by atoms with Crippen LogP contribution >= 0.6 is 0 Å². The van der Waals surface area contributed by atoms with Gasteiger partial charge >= 0.3 is 12.1 Å². The number of anilines is 1. The molecule has 0 aliphatic rings. The number of amides is 1. The molecule has 0 spiro atoms. The first-order valence-electron chi connectivity index (χ1n) is 9.28. The zero-order valence-electron chi connectivity index (χ0n) is 17.6. The van der Waals surface area contributed by atoms with E-state index in [0.29, 0.717) is 18.5 Å². The molecule has 6 nitrogen and oxygen atoms in total. The number of nitrogens with two attached hydrogens (primary N) is 1. The number of nitrogens with one attached hydrogen (secondary N) is 1. The molecule has 152 valence electrons. The summed E-state index contributed by atoms with van der Waals surface area (Å²) in [5.41, 5.74) is 7.49. The summed E-state index contributed by atoms with van der Waals surface area (Å²) in [6.45, 7) is 12.9. The molecule has 0 saturated carbocycles. The van der Waals surface area contributed by atoms with Crippen LogP contribution in [0.3, 0.4) is 0 Å². The summed E-state index contributed by atoms with van der Waals surface area (Å²) < 4.78 is 5.34. The average molecular weight is 379 g/mol. The van der Waals surface area contributed by atoms with E-state index in [9.17, 15) is 14.7 Å². The maximum absolute atomic E-state index is 12.3. The van der Waals surface area contributed by atoms with Crippen LogP contribution < -0.4 is 11.1 Å². The van der Waals surface area contributed by atoms with Crippen LogP contribution in [0.2, 0.25) is 0 Å². The predicted octanol–water partition coefficient (Wildman–Crippen LogP) is 4.15. The summed E-state index contributed by atoms with van der Waals surface area (Å²) in [4.78, 5) is 24.3. The molecule has 0 saturated heterocycles. The fourth-order valence-electron chi connectivity index (χ4n) is 3.20. The summed E-state index contributed by atoms with van der Waals surface area (Å²) in [6.07, 6.45) is 0.474. The number of carbonyl (C=O) groups excluding carboxylic acids is 1. The van der Waals surface area contributed by atoms with Gasteiger partial charge in [0, 0.05) is 11.7 Å². The van der Waals surface area contributed by atoms with Crippen molar-refractivity contribution in [3.63, 3.8) is 0 Å². The van der Waals surface area contributed by atoms with Gasteiger partial charge in [-0.25, -0.2) is 4.79 Å². The van der Waals surface area contributed by atoms with Crippen LogP contribution in [-0.4, -0.2) is 28.8 Å². The monoisotopic (exact) mass is 378 g/mol.